The van der Waals surface area contributed by atoms with Gasteiger partial charge in [0.1, 0.15) is 0 Å². The van der Waals surface area contributed by atoms with Crippen molar-refractivity contribution in [2.45, 2.75) is 19.8 Å². The van der Waals surface area contributed by atoms with E-state index >= 15 is 0 Å². The number of carbonyl (C=O) groups is 1. The molecule has 2 heterocycles. The molecule has 0 spiro atoms. The van der Waals surface area contributed by atoms with E-state index in [4.69, 9.17) is 11.6 Å². The molecular weight excluding hydrogens is 312 g/mol. The first-order chi connectivity index (χ1) is 11.0. The van der Waals surface area contributed by atoms with Crippen LogP contribution >= 0.6 is 11.6 Å². The second-order valence-corrected chi connectivity index (χ2v) is 6.10. The third-order valence-corrected chi connectivity index (χ3v) is 4.18. The summed E-state index contributed by atoms with van der Waals surface area (Å²) in [6.45, 7) is 4.25. The van der Waals surface area contributed by atoms with Crippen molar-refractivity contribution in [3.8, 4) is 0 Å². The molecule has 1 N–H and O–H groups in total. The van der Waals surface area contributed by atoms with E-state index < -0.39 is 0 Å². The van der Waals surface area contributed by atoms with Crippen LogP contribution in [-0.4, -0.2) is 20.7 Å². The summed E-state index contributed by atoms with van der Waals surface area (Å²) in [5, 5.41) is 7.98. The van der Waals surface area contributed by atoms with Gasteiger partial charge in [0.15, 0.2) is 5.65 Å². The number of rotatable bonds is 3. The summed E-state index contributed by atoms with van der Waals surface area (Å²) < 4.78 is 1.62. The van der Waals surface area contributed by atoms with E-state index in [1.807, 2.05) is 24.3 Å². The SMILES string of the molecule is CC(C)c1ccc(NC(=O)c2cnc3c(cnn3C)c2Cl)cc1. The quantitative estimate of drug-likeness (QED) is 0.790. The van der Waals surface area contributed by atoms with Crippen LogP contribution in [-0.2, 0) is 7.05 Å². The molecule has 1 amide bonds. The van der Waals surface area contributed by atoms with Crippen LogP contribution in [0.1, 0.15) is 35.7 Å². The van der Waals surface area contributed by atoms with E-state index in [0.717, 1.165) is 5.69 Å². The van der Waals surface area contributed by atoms with Crippen molar-refractivity contribution in [3.05, 3.63) is 52.8 Å². The molecule has 0 unspecified atom stereocenters. The number of anilines is 1. The monoisotopic (exact) mass is 328 g/mol. The van der Waals surface area contributed by atoms with Gasteiger partial charge in [-0.05, 0) is 23.6 Å². The van der Waals surface area contributed by atoms with Crippen molar-refractivity contribution < 1.29 is 4.79 Å². The first-order valence-corrected chi connectivity index (χ1v) is 7.72. The van der Waals surface area contributed by atoms with Gasteiger partial charge in [-0.1, -0.05) is 37.6 Å². The van der Waals surface area contributed by atoms with Gasteiger partial charge in [-0.25, -0.2) is 4.98 Å². The molecule has 6 heteroatoms. The summed E-state index contributed by atoms with van der Waals surface area (Å²) in [6, 6.07) is 7.78. The third-order valence-electron chi connectivity index (χ3n) is 3.78. The minimum Gasteiger partial charge on any atom is -0.322 e. The highest BCUT2D eigenvalue weighted by Gasteiger charge is 2.16. The molecule has 0 saturated heterocycles. The normalized spacial score (nSPS) is 11.2. The van der Waals surface area contributed by atoms with E-state index in [1.165, 1.54) is 11.8 Å². The molecule has 0 aliphatic rings. The fourth-order valence-corrected chi connectivity index (χ4v) is 2.64. The van der Waals surface area contributed by atoms with E-state index in [2.05, 4.69) is 29.2 Å². The van der Waals surface area contributed by atoms with Crippen molar-refractivity contribution in [2.24, 2.45) is 7.05 Å². The van der Waals surface area contributed by atoms with E-state index in [0.29, 0.717) is 27.5 Å². The Morgan fingerprint density at radius 2 is 1.91 bits per heavy atom. The largest absolute Gasteiger partial charge is 0.322 e. The zero-order valence-electron chi connectivity index (χ0n) is 13.2. The summed E-state index contributed by atoms with van der Waals surface area (Å²) in [7, 11) is 1.78. The Kier molecular flexibility index (Phi) is 4.05. The predicted molar refractivity (Wildman–Crippen MR) is 92.0 cm³/mol. The second-order valence-electron chi connectivity index (χ2n) is 5.72. The van der Waals surface area contributed by atoms with E-state index in [9.17, 15) is 4.79 Å². The second kappa shape index (κ2) is 6.01. The first kappa shape index (κ1) is 15.5. The number of fused-ring (bicyclic) bond motifs is 1. The van der Waals surface area contributed by atoms with Crippen molar-refractivity contribution in [3.63, 3.8) is 0 Å². The van der Waals surface area contributed by atoms with E-state index in [-0.39, 0.29) is 5.91 Å². The van der Waals surface area contributed by atoms with Crippen LogP contribution in [0.15, 0.2) is 36.7 Å². The molecule has 118 valence electrons. The standard InChI is InChI=1S/C17H17ClN4O/c1-10(2)11-4-6-12(7-5-11)21-17(23)14-8-19-16-13(15(14)18)9-20-22(16)3/h4-10H,1-3H3,(H,21,23). The number of benzene rings is 1. The smallest absolute Gasteiger partial charge is 0.258 e. The number of nitrogens with one attached hydrogen (secondary N) is 1. The van der Waals surface area contributed by atoms with Crippen LogP contribution in [0.2, 0.25) is 5.02 Å². The lowest BCUT2D eigenvalue weighted by Gasteiger charge is -2.09. The molecule has 1 aromatic carbocycles. The number of amides is 1. The van der Waals surface area contributed by atoms with Gasteiger partial charge in [0, 0.05) is 18.9 Å². The van der Waals surface area contributed by atoms with Gasteiger partial charge in [0.25, 0.3) is 5.91 Å². The number of aromatic nitrogens is 3. The van der Waals surface area contributed by atoms with Crippen LogP contribution in [0.5, 0.6) is 0 Å². The minimum absolute atomic E-state index is 0.287. The van der Waals surface area contributed by atoms with E-state index in [1.54, 1.807) is 17.9 Å². The van der Waals surface area contributed by atoms with Gasteiger partial charge >= 0.3 is 0 Å². The average Bonchev–Trinajstić information content (AvgIpc) is 2.90. The maximum atomic E-state index is 12.4. The van der Waals surface area contributed by atoms with Crippen molar-refractivity contribution in [1.82, 2.24) is 14.8 Å². The summed E-state index contributed by atoms with van der Waals surface area (Å²) in [6.07, 6.45) is 3.09. The lowest BCUT2D eigenvalue weighted by Crippen LogP contribution is -2.13. The highest BCUT2D eigenvalue weighted by atomic mass is 35.5. The number of pyridine rings is 1. The summed E-state index contributed by atoms with van der Waals surface area (Å²) in [5.74, 6) is 0.164. The van der Waals surface area contributed by atoms with Crippen LogP contribution in [0, 0.1) is 0 Å². The molecule has 0 aliphatic heterocycles. The average molecular weight is 329 g/mol. The Labute approximate surface area is 139 Å². The van der Waals surface area contributed by atoms with Gasteiger partial charge in [-0.2, -0.15) is 5.10 Å². The number of halogens is 1. The maximum absolute atomic E-state index is 12.4. The molecule has 2 aromatic heterocycles. The maximum Gasteiger partial charge on any atom is 0.258 e. The van der Waals surface area contributed by atoms with Gasteiger partial charge < -0.3 is 5.32 Å². The first-order valence-electron chi connectivity index (χ1n) is 7.35. The van der Waals surface area contributed by atoms with Gasteiger partial charge in [-0.15, -0.1) is 0 Å². The molecule has 0 radical (unpaired) electrons. The van der Waals surface area contributed by atoms with Crippen LogP contribution in [0.3, 0.4) is 0 Å². The highest BCUT2D eigenvalue weighted by Crippen LogP contribution is 2.26. The van der Waals surface area contributed by atoms with Crippen LogP contribution < -0.4 is 5.32 Å². The predicted octanol–water partition coefficient (Wildman–Crippen LogP) is 4.00. The lowest BCUT2D eigenvalue weighted by molar-refractivity contribution is 0.102. The zero-order chi connectivity index (χ0) is 16.6. The lowest BCUT2D eigenvalue weighted by atomic mass is 10.0. The Bertz CT molecular complexity index is 868. The molecule has 5 nitrogen and oxygen atoms in total. The Hall–Kier alpha value is -2.40. The molecule has 0 atom stereocenters. The van der Waals surface area contributed by atoms with Crippen molar-refractivity contribution in [1.29, 1.82) is 0 Å². The number of hydrogen-bond acceptors (Lipinski definition) is 3. The molecule has 23 heavy (non-hydrogen) atoms. The Balaban J connectivity index is 1.87. The molecule has 3 aromatic rings. The Morgan fingerprint density at radius 1 is 1.22 bits per heavy atom. The molecule has 0 bridgehead atoms. The Morgan fingerprint density at radius 3 is 2.57 bits per heavy atom. The number of hydrogen-bond donors (Lipinski definition) is 1. The molecule has 3 rings (SSSR count). The molecule has 0 aliphatic carbocycles. The van der Waals surface area contributed by atoms with Gasteiger partial charge in [0.2, 0.25) is 0 Å². The third kappa shape index (κ3) is 2.92. The number of aryl methyl sites for hydroxylation is 1. The number of carbonyl (C=O) groups excluding carboxylic acids is 1. The van der Waals surface area contributed by atoms with Gasteiger partial charge in [-0.3, -0.25) is 9.48 Å². The van der Waals surface area contributed by atoms with Crippen molar-refractivity contribution in [2.75, 3.05) is 5.32 Å². The number of nitrogens with zero attached hydrogens (tertiary/aromatic N) is 3. The zero-order valence-corrected chi connectivity index (χ0v) is 13.9. The molecular formula is C17H17ClN4O. The fraction of sp³-hybridized carbons (Fsp3) is 0.235. The topological polar surface area (TPSA) is 59.8 Å². The summed E-state index contributed by atoms with van der Waals surface area (Å²) >= 11 is 6.33. The minimum atomic E-state index is -0.287. The summed E-state index contributed by atoms with van der Waals surface area (Å²) in [4.78, 5) is 16.7. The van der Waals surface area contributed by atoms with Crippen LogP contribution in [0.25, 0.3) is 11.0 Å². The summed E-state index contributed by atoms with van der Waals surface area (Å²) in [5.41, 5.74) is 2.93. The van der Waals surface area contributed by atoms with Crippen LogP contribution in [0.4, 0.5) is 5.69 Å². The van der Waals surface area contributed by atoms with Crippen molar-refractivity contribution >= 4 is 34.2 Å². The molecule has 0 fully saturated rings. The highest BCUT2D eigenvalue weighted by molar-refractivity contribution is 6.38. The molecule has 0 saturated carbocycles. The fourth-order valence-electron chi connectivity index (χ4n) is 2.37. The van der Waals surface area contributed by atoms with Gasteiger partial charge in [0.05, 0.1) is 22.2 Å².